The number of nitrogens with zero attached hydrogens (tertiary/aromatic N) is 2. The molecule has 3 rings (SSSR count). The molecule has 0 saturated carbocycles. The lowest BCUT2D eigenvalue weighted by molar-refractivity contribution is -0.182. The van der Waals surface area contributed by atoms with E-state index in [0.717, 1.165) is 31.4 Å². The Balaban J connectivity index is 1.83. The molecule has 0 N–H and O–H groups in total. The highest BCUT2D eigenvalue weighted by molar-refractivity contribution is 7.10. The van der Waals surface area contributed by atoms with Gasteiger partial charge in [-0.25, -0.2) is 4.98 Å². The summed E-state index contributed by atoms with van der Waals surface area (Å²) in [5.41, 5.74) is 1.01. The van der Waals surface area contributed by atoms with E-state index in [1.165, 1.54) is 11.5 Å². The molecule has 20 heavy (non-hydrogen) atoms. The highest BCUT2D eigenvalue weighted by Gasteiger charge is 2.25. The quantitative estimate of drug-likeness (QED) is 0.861. The largest absolute Gasteiger partial charge is 0.353 e. The predicted octanol–water partition coefficient (Wildman–Crippen LogP) is 3.82. The van der Waals surface area contributed by atoms with Crippen molar-refractivity contribution in [2.75, 3.05) is 6.61 Å². The molecule has 0 bridgehead atoms. The Kier molecular flexibility index (Phi) is 4.62. The summed E-state index contributed by atoms with van der Waals surface area (Å²) in [6.45, 7) is 0.747. The van der Waals surface area contributed by atoms with E-state index < -0.39 is 0 Å². The molecule has 1 saturated heterocycles. The molecule has 0 spiro atoms. The van der Waals surface area contributed by atoms with E-state index in [-0.39, 0.29) is 12.4 Å². The van der Waals surface area contributed by atoms with Crippen molar-refractivity contribution in [2.24, 2.45) is 0 Å². The van der Waals surface area contributed by atoms with Crippen molar-refractivity contribution in [3.63, 3.8) is 0 Å². The lowest BCUT2D eigenvalue weighted by Crippen LogP contribution is -2.25. The van der Waals surface area contributed by atoms with Crippen molar-refractivity contribution >= 4 is 23.1 Å². The molecule has 6 heteroatoms. The lowest BCUT2D eigenvalue weighted by Gasteiger charge is -2.26. The first-order chi connectivity index (χ1) is 9.83. The third-order valence-electron chi connectivity index (χ3n) is 3.18. The van der Waals surface area contributed by atoms with Crippen molar-refractivity contribution in [1.29, 1.82) is 0 Å². The zero-order valence-electron chi connectivity index (χ0n) is 10.9. The number of hydrogen-bond donors (Lipinski definition) is 0. The summed E-state index contributed by atoms with van der Waals surface area (Å²) in [4.78, 5) is 4.25. The van der Waals surface area contributed by atoms with Crippen LogP contribution >= 0.6 is 23.1 Å². The van der Waals surface area contributed by atoms with Gasteiger partial charge in [-0.2, -0.15) is 4.37 Å². The first-order valence-corrected chi connectivity index (χ1v) is 7.79. The van der Waals surface area contributed by atoms with E-state index in [1.807, 2.05) is 30.3 Å². The highest BCUT2D eigenvalue weighted by Crippen LogP contribution is 2.29. The third-order valence-corrected chi connectivity index (χ3v) is 3.99. The number of ether oxygens (including phenoxy) is 2. The van der Waals surface area contributed by atoms with E-state index in [0.29, 0.717) is 10.3 Å². The molecule has 0 radical (unpaired) electrons. The van der Waals surface area contributed by atoms with Crippen LogP contribution in [-0.4, -0.2) is 22.3 Å². The number of benzene rings is 1. The molecule has 1 aromatic heterocycles. The van der Waals surface area contributed by atoms with Crippen molar-refractivity contribution in [3.8, 4) is 0 Å². The van der Waals surface area contributed by atoms with Crippen LogP contribution in [-0.2, 0) is 9.47 Å². The Bertz CT molecular complexity index is 543. The lowest BCUT2D eigenvalue weighted by atomic mass is 10.1. The molecule has 1 fully saturated rings. The number of rotatable bonds is 4. The molecule has 2 heterocycles. The Hall–Kier alpha value is -1.01. The highest BCUT2D eigenvalue weighted by atomic mass is 35.5. The minimum Gasteiger partial charge on any atom is -0.353 e. The third kappa shape index (κ3) is 3.35. The fourth-order valence-corrected chi connectivity index (χ4v) is 2.84. The van der Waals surface area contributed by atoms with Gasteiger partial charge in [-0.1, -0.05) is 30.3 Å². The van der Waals surface area contributed by atoms with E-state index in [1.54, 1.807) is 0 Å². The van der Waals surface area contributed by atoms with Crippen molar-refractivity contribution in [1.82, 2.24) is 9.36 Å². The van der Waals surface area contributed by atoms with E-state index in [2.05, 4.69) is 9.36 Å². The van der Waals surface area contributed by atoms with Crippen LogP contribution in [0.4, 0.5) is 0 Å². The van der Waals surface area contributed by atoms with Crippen LogP contribution in [0.5, 0.6) is 0 Å². The van der Waals surface area contributed by atoms with Crippen LogP contribution in [0.25, 0.3) is 0 Å². The van der Waals surface area contributed by atoms with Crippen molar-refractivity contribution < 1.29 is 9.47 Å². The monoisotopic (exact) mass is 310 g/mol. The zero-order chi connectivity index (χ0) is 13.8. The molecule has 4 nitrogen and oxygen atoms in total. The van der Waals surface area contributed by atoms with Crippen LogP contribution in [0.2, 0.25) is 4.47 Å². The first-order valence-electron chi connectivity index (χ1n) is 6.64. The summed E-state index contributed by atoms with van der Waals surface area (Å²) >= 11 is 7.07. The van der Waals surface area contributed by atoms with Gasteiger partial charge in [0, 0.05) is 6.61 Å². The van der Waals surface area contributed by atoms with Crippen LogP contribution in [0.15, 0.2) is 30.3 Å². The Morgan fingerprint density at radius 3 is 2.80 bits per heavy atom. The second kappa shape index (κ2) is 6.63. The van der Waals surface area contributed by atoms with Gasteiger partial charge in [0.2, 0.25) is 4.47 Å². The number of hydrogen-bond acceptors (Lipinski definition) is 5. The summed E-state index contributed by atoms with van der Waals surface area (Å²) in [5.74, 6) is 0.598. The van der Waals surface area contributed by atoms with Gasteiger partial charge in [-0.05, 0) is 48.0 Å². The Labute approximate surface area is 126 Å². The minimum atomic E-state index is -0.331. The molecule has 2 atom stereocenters. The predicted molar refractivity (Wildman–Crippen MR) is 77.9 cm³/mol. The average molecular weight is 311 g/mol. The molecule has 2 aromatic rings. The molecule has 106 valence electrons. The molecule has 1 aliphatic rings. The maximum Gasteiger partial charge on any atom is 0.203 e. The maximum absolute atomic E-state index is 6.08. The zero-order valence-corrected chi connectivity index (χ0v) is 12.4. The second-order valence-corrected chi connectivity index (χ2v) is 5.96. The van der Waals surface area contributed by atoms with E-state index >= 15 is 0 Å². The number of aromatic nitrogens is 2. The van der Waals surface area contributed by atoms with Gasteiger partial charge in [0.15, 0.2) is 12.1 Å². The van der Waals surface area contributed by atoms with E-state index in [4.69, 9.17) is 21.1 Å². The summed E-state index contributed by atoms with van der Waals surface area (Å²) in [7, 11) is 0. The Morgan fingerprint density at radius 2 is 2.15 bits per heavy atom. The molecule has 0 unspecified atom stereocenters. The van der Waals surface area contributed by atoms with Gasteiger partial charge >= 0.3 is 0 Å². The van der Waals surface area contributed by atoms with Gasteiger partial charge in [0.25, 0.3) is 0 Å². The fourth-order valence-electron chi connectivity index (χ4n) is 2.21. The second-order valence-electron chi connectivity index (χ2n) is 4.63. The van der Waals surface area contributed by atoms with Crippen LogP contribution in [0, 0.1) is 0 Å². The average Bonchev–Trinajstić information content (AvgIpc) is 2.93. The van der Waals surface area contributed by atoms with Gasteiger partial charge in [-0.3, -0.25) is 0 Å². The van der Waals surface area contributed by atoms with Gasteiger partial charge in [-0.15, -0.1) is 0 Å². The topological polar surface area (TPSA) is 44.2 Å². The van der Waals surface area contributed by atoms with Crippen molar-refractivity contribution in [2.45, 2.75) is 31.7 Å². The molecule has 0 amide bonds. The standard InChI is InChI=1S/C14H15ClN2O2S/c15-14-16-13(17-20-14)12(10-6-2-1-3-7-10)19-11-8-4-5-9-18-11/h1-3,6-7,11-12H,4-5,8-9H2/t11-,12-/m0/s1. The fraction of sp³-hybridized carbons (Fsp3) is 0.429. The van der Waals surface area contributed by atoms with Gasteiger partial charge < -0.3 is 9.47 Å². The molecule has 1 aliphatic heterocycles. The van der Waals surface area contributed by atoms with Crippen molar-refractivity contribution in [3.05, 3.63) is 46.2 Å². The minimum absolute atomic E-state index is 0.198. The smallest absolute Gasteiger partial charge is 0.203 e. The Morgan fingerprint density at radius 1 is 1.30 bits per heavy atom. The summed E-state index contributed by atoms with van der Waals surface area (Å²) < 4.78 is 16.4. The molecular weight excluding hydrogens is 296 g/mol. The molecule has 0 aliphatic carbocycles. The van der Waals surface area contributed by atoms with Gasteiger partial charge in [0.05, 0.1) is 0 Å². The number of halogens is 1. The van der Waals surface area contributed by atoms with Crippen LogP contribution < -0.4 is 0 Å². The van der Waals surface area contributed by atoms with E-state index in [9.17, 15) is 0 Å². The SMILES string of the molecule is Clc1nc([C@@H](O[C@H]2CCCCO2)c2ccccc2)ns1. The summed E-state index contributed by atoms with van der Waals surface area (Å²) in [6.07, 6.45) is 2.59. The van der Waals surface area contributed by atoms with Gasteiger partial charge in [0.1, 0.15) is 6.10 Å². The molecular formula is C14H15ClN2O2S. The summed E-state index contributed by atoms with van der Waals surface area (Å²) in [6, 6.07) is 9.92. The summed E-state index contributed by atoms with van der Waals surface area (Å²) in [5, 5.41) is 0. The molecule has 1 aromatic carbocycles. The van der Waals surface area contributed by atoms with Crippen LogP contribution in [0.1, 0.15) is 36.8 Å². The first kappa shape index (κ1) is 13.9. The normalized spacial score (nSPS) is 20.8. The van der Waals surface area contributed by atoms with Crippen LogP contribution in [0.3, 0.4) is 0 Å². The maximum atomic E-state index is 6.08.